The van der Waals surface area contributed by atoms with E-state index in [0.29, 0.717) is 32.0 Å². The summed E-state index contributed by atoms with van der Waals surface area (Å²) in [6, 6.07) is 10.6. The predicted octanol–water partition coefficient (Wildman–Crippen LogP) is 2.22. The number of ether oxygens (including phenoxy) is 1. The van der Waals surface area contributed by atoms with E-state index in [1.165, 1.54) is 0 Å². The molecule has 1 aromatic carbocycles. The van der Waals surface area contributed by atoms with Crippen LogP contribution in [0.1, 0.15) is 24.2 Å². The molecule has 7 nitrogen and oxygen atoms in total. The second-order valence-electron chi connectivity index (χ2n) is 7.18. The van der Waals surface area contributed by atoms with Crippen molar-refractivity contribution in [3.05, 3.63) is 58.0 Å². The van der Waals surface area contributed by atoms with Crippen molar-refractivity contribution in [2.45, 2.75) is 26.8 Å². The predicted molar refractivity (Wildman–Crippen MR) is 107 cm³/mol. The molecule has 2 aromatic heterocycles. The first-order chi connectivity index (χ1) is 13.5. The highest BCUT2D eigenvalue weighted by Crippen LogP contribution is 2.26. The lowest BCUT2D eigenvalue weighted by Gasteiger charge is -2.30. The van der Waals surface area contributed by atoms with Crippen molar-refractivity contribution in [3.8, 4) is 5.69 Å². The SMILES string of the molecule is Cc1cc(=O)n([C@H](C)C(=O)N2CCOCC2)c2c1c(C)nn2-c1ccccc1. The number of aryl methyl sites for hydroxylation is 2. The molecular formula is C21H24N4O3. The maximum Gasteiger partial charge on any atom is 0.253 e. The number of hydrogen-bond acceptors (Lipinski definition) is 4. The van der Waals surface area contributed by atoms with Gasteiger partial charge in [-0.3, -0.25) is 14.2 Å². The highest BCUT2D eigenvalue weighted by molar-refractivity contribution is 5.87. The van der Waals surface area contributed by atoms with Crippen LogP contribution in [0.3, 0.4) is 0 Å². The molecule has 0 spiro atoms. The van der Waals surface area contributed by atoms with Crippen LogP contribution in [0.5, 0.6) is 0 Å². The molecular weight excluding hydrogens is 356 g/mol. The van der Waals surface area contributed by atoms with E-state index in [2.05, 4.69) is 5.10 Å². The minimum absolute atomic E-state index is 0.0750. The molecule has 0 unspecified atom stereocenters. The first-order valence-electron chi connectivity index (χ1n) is 9.52. The van der Waals surface area contributed by atoms with Crippen molar-refractivity contribution in [2.24, 2.45) is 0 Å². The maximum absolute atomic E-state index is 13.1. The Labute approximate surface area is 163 Å². The van der Waals surface area contributed by atoms with Crippen molar-refractivity contribution in [1.82, 2.24) is 19.2 Å². The molecule has 1 saturated heterocycles. The summed E-state index contributed by atoms with van der Waals surface area (Å²) in [6.07, 6.45) is 0. The topological polar surface area (TPSA) is 69.4 Å². The minimum Gasteiger partial charge on any atom is -0.378 e. The highest BCUT2D eigenvalue weighted by Gasteiger charge is 2.28. The maximum atomic E-state index is 13.1. The summed E-state index contributed by atoms with van der Waals surface area (Å²) in [7, 11) is 0. The summed E-state index contributed by atoms with van der Waals surface area (Å²) >= 11 is 0. The van der Waals surface area contributed by atoms with Crippen LogP contribution in [0.2, 0.25) is 0 Å². The number of aromatic nitrogens is 3. The Morgan fingerprint density at radius 1 is 1.14 bits per heavy atom. The lowest BCUT2D eigenvalue weighted by atomic mass is 10.1. The number of amides is 1. The number of pyridine rings is 1. The summed E-state index contributed by atoms with van der Waals surface area (Å²) in [6.45, 7) is 7.76. The fourth-order valence-corrected chi connectivity index (χ4v) is 3.91. The molecule has 1 fully saturated rings. The average molecular weight is 380 g/mol. The second kappa shape index (κ2) is 7.24. The molecule has 3 aromatic rings. The van der Waals surface area contributed by atoms with Crippen LogP contribution in [0.4, 0.5) is 0 Å². The van der Waals surface area contributed by atoms with E-state index in [9.17, 15) is 9.59 Å². The number of rotatable bonds is 3. The van der Waals surface area contributed by atoms with Gasteiger partial charge in [-0.2, -0.15) is 5.10 Å². The lowest BCUT2D eigenvalue weighted by molar-refractivity contribution is -0.138. The Morgan fingerprint density at radius 3 is 2.50 bits per heavy atom. The van der Waals surface area contributed by atoms with Crippen LogP contribution in [0, 0.1) is 13.8 Å². The third kappa shape index (κ3) is 3.01. The molecule has 0 N–H and O–H groups in total. The highest BCUT2D eigenvalue weighted by atomic mass is 16.5. The quantitative estimate of drug-likeness (QED) is 0.699. The fourth-order valence-electron chi connectivity index (χ4n) is 3.91. The molecule has 146 valence electrons. The van der Waals surface area contributed by atoms with Gasteiger partial charge in [-0.25, -0.2) is 4.68 Å². The van der Waals surface area contributed by atoms with Crippen LogP contribution < -0.4 is 5.56 Å². The van der Waals surface area contributed by atoms with E-state index >= 15 is 0 Å². The smallest absolute Gasteiger partial charge is 0.253 e. The minimum atomic E-state index is -0.632. The van der Waals surface area contributed by atoms with Gasteiger partial charge in [0.15, 0.2) is 0 Å². The van der Waals surface area contributed by atoms with E-state index in [1.54, 1.807) is 27.1 Å². The molecule has 0 saturated carbocycles. The van der Waals surface area contributed by atoms with Crippen LogP contribution in [0.25, 0.3) is 16.7 Å². The van der Waals surface area contributed by atoms with E-state index in [-0.39, 0.29) is 11.5 Å². The van der Waals surface area contributed by atoms with Gasteiger partial charge >= 0.3 is 0 Å². The zero-order chi connectivity index (χ0) is 19.8. The van der Waals surface area contributed by atoms with Crippen molar-refractivity contribution >= 4 is 16.9 Å². The number of fused-ring (bicyclic) bond motifs is 1. The van der Waals surface area contributed by atoms with Gasteiger partial charge in [0.05, 0.1) is 24.6 Å². The number of para-hydroxylation sites is 1. The summed E-state index contributed by atoms with van der Waals surface area (Å²) in [5.41, 5.74) is 3.00. The largest absolute Gasteiger partial charge is 0.378 e. The molecule has 1 aliphatic rings. The van der Waals surface area contributed by atoms with Gasteiger partial charge in [0.2, 0.25) is 5.91 Å². The average Bonchev–Trinajstić information content (AvgIpc) is 3.06. The van der Waals surface area contributed by atoms with E-state index in [1.807, 2.05) is 44.2 Å². The number of carbonyl (C=O) groups excluding carboxylic acids is 1. The van der Waals surface area contributed by atoms with Crippen molar-refractivity contribution in [3.63, 3.8) is 0 Å². The Morgan fingerprint density at radius 2 is 1.82 bits per heavy atom. The Bertz CT molecular complexity index is 1080. The molecule has 4 rings (SSSR count). The molecule has 1 atom stereocenters. The van der Waals surface area contributed by atoms with E-state index in [4.69, 9.17) is 4.74 Å². The summed E-state index contributed by atoms with van der Waals surface area (Å²) in [4.78, 5) is 27.9. The summed E-state index contributed by atoms with van der Waals surface area (Å²) < 4.78 is 8.69. The Hall–Kier alpha value is -2.93. The first kappa shape index (κ1) is 18.4. The van der Waals surface area contributed by atoms with Gasteiger partial charge in [0.1, 0.15) is 11.7 Å². The number of benzene rings is 1. The second-order valence-corrected chi connectivity index (χ2v) is 7.18. The van der Waals surface area contributed by atoms with Crippen LogP contribution in [-0.2, 0) is 9.53 Å². The van der Waals surface area contributed by atoms with Crippen molar-refractivity contribution < 1.29 is 9.53 Å². The third-order valence-corrected chi connectivity index (χ3v) is 5.30. The van der Waals surface area contributed by atoms with E-state index in [0.717, 1.165) is 22.3 Å². The number of hydrogen-bond donors (Lipinski definition) is 0. The molecule has 28 heavy (non-hydrogen) atoms. The Balaban J connectivity index is 1.92. The lowest BCUT2D eigenvalue weighted by Crippen LogP contribution is -2.45. The van der Waals surface area contributed by atoms with Crippen molar-refractivity contribution in [1.29, 1.82) is 0 Å². The Kier molecular flexibility index (Phi) is 4.77. The van der Waals surface area contributed by atoms with Gasteiger partial charge < -0.3 is 9.64 Å². The van der Waals surface area contributed by atoms with Gasteiger partial charge in [0.25, 0.3) is 5.56 Å². The van der Waals surface area contributed by atoms with Gasteiger partial charge in [-0.05, 0) is 38.5 Å². The van der Waals surface area contributed by atoms with Crippen LogP contribution in [0.15, 0.2) is 41.2 Å². The molecule has 1 amide bonds. The molecule has 7 heteroatoms. The normalized spacial score (nSPS) is 15.8. The standard InChI is InChI=1S/C21H24N4O3/c1-14-13-18(26)24(16(3)21(27)23-9-11-28-12-10-23)20-19(14)15(2)22-25(20)17-7-5-4-6-8-17/h4-8,13,16H,9-12H2,1-3H3/t16-/m1/s1. The van der Waals surface area contributed by atoms with E-state index < -0.39 is 6.04 Å². The molecule has 0 radical (unpaired) electrons. The number of carbonyl (C=O) groups is 1. The number of nitrogens with zero attached hydrogens (tertiary/aromatic N) is 4. The zero-order valence-corrected chi connectivity index (χ0v) is 16.4. The first-order valence-corrected chi connectivity index (χ1v) is 9.52. The molecule has 1 aliphatic heterocycles. The van der Waals surface area contributed by atoms with Crippen molar-refractivity contribution in [2.75, 3.05) is 26.3 Å². The van der Waals surface area contributed by atoms with Gasteiger partial charge in [-0.15, -0.1) is 0 Å². The van der Waals surface area contributed by atoms with Crippen LogP contribution >= 0.6 is 0 Å². The molecule has 0 aliphatic carbocycles. The monoisotopic (exact) mass is 380 g/mol. The van der Waals surface area contributed by atoms with Gasteiger partial charge in [-0.1, -0.05) is 18.2 Å². The van der Waals surface area contributed by atoms with Gasteiger partial charge in [0, 0.05) is 24.5 Å². The van der Waals surface area contributed by atoms with Crippen LogP contribution in [-0.4, -0.2) is 51.5 Å². The molecule has 0 bridgehead atoms. The fraction of sp³-hybridized carbons (Fsp3) is 0.381. The molecule has 3 heterocycles. The zero-order valence-electron chi connectivity index (χ0n) is 16.4. The summed E-state index contributed by atoms with van der Waals surface area (Å²) in [5.74, 6) is -0.0750. The third-order valence-electron chi connectivity index (χ3n) is 5.30. The number of morpholine rings is 1. The summed E-state index contributed by atoms with van der Waals surface area (Å²) in [5, 5.41) is 5.60.